The second-order valence-corrected chi connectivity index (χ2v) is 7.32. The highest BCUT2D eigenvalue weighted by Crippen LogP contribution is 2.57. The van der Waals surface area contributed by atoms with Gasteiger partial charge in [0.2, 0.25) is 0 Å². The molecule has 2 atom stereocenters. The van der Waals surface area contributed by atoms with Gasteiger partial charge in [-0.3, -0.25) is 0 Å². The van der Waals surface area contributed by atoms with Crippen molar-refractivity contribution < 1.29 is 4.74 Å². The van der Waals surface area contributed by atoms with Gasteiger partial charge in [0.25, 0.3) is 0 Å². The first kappa shape index (κ1) is 12.9. The second-order valence-electron chi connectivity index (χ2n) is 6.22. The van der Waals surface area contributed by atoms with Crippen LogP contribution in [0.1, 0.15) is 65.7 Å². The molecule has 0 aromatic rings. The van der Waals surface area contributed by atoms with Crippen molar-refractivity contribution in [2.45, 2.75) is 82.2 Å². The summed E-state index contributed by atoms with van der Waals surface area (Å²) in [5.74, 6) is 0. The molecule has 94 valence electrons. The van der Waals surface area contributed by atoms with Crippen LogP contribution in [0.4, 0.5) is 0 Å². The number of halogens is 1. The molecule has 2 unspecified atom stereocenters. The van der Waals surface area contributed by atoms with Crippen LogP contribution < -0.4 is 0 Å². The summed E-state index contributed by atoms with van der Waals surface area (Å²) >= 11 is 3.87. The van der Waals surface area contributed by atoms with Crippen LogP contribution in [0, 0.1) is 5.41 Å². The first-order valence-electron chi connectivity index (χ1n) is 6.82. The minimum Gasteiger partial charge on any atom is -0.372 e. The fourth-order valence-electron chi connectivity index (χ4n) is 3.18. The number of alkyl halides is 1. The molecular formula is C14H25BrO. The average Bonchev–Trinajstić information content (AvgIpc) is 2.30. The summed E-state index contributed by atoms with van der Waals surface area (Å²) in [5.41, 5.74) is 0.535. The Labute approximate surface area is 108 Å². The maximum Gasteiger partial charge on any atom is 0.0660 e. The van der Waals surface area contributed by atoms with Gasteiger partial charge < -0.3 is 4.74 Å². The summed E-state index contributed by atoms with van der Waals surface area (Å²) in [6, 6.07) is 0. The third-order valence-corrected chi connectivity index (χ3v) is 6.07. The molecule has 2 aliphatic carbocycles. The standard InChI is InChI=1S/C14H25BrO/c1-4-13(2,3)16-12-10-11(15)14(12)8-6-5-7-9-14/h11-12H,4-10H2,1-3H3. The average molecular weight is 289 g/mol. The maximum absolute atomic E-state index is 6.36. The number of ether oxygens (including phenoxy) is 1. The van der Waals surface area contributed by atoms with Crippen LogP contribution in [0.2, 0.25) is 0 Å². The number of hydrogen-bond donors (Lipinski definition) is 0. The van der Waals surface area contributed by atoms with E-state index in [-0.39, 0.29) is 5.60 Å². The Morgan fingerprint density at radius 3 is 2.38 bits per heavy atom. The molecule has 0 aromatic heterocycles. The van der Waals surface area contributed by atoms with E-state index in [1.165, 1.54) is 38.5 Å². The van der Waals surface area contributed by atoms with Gasteiger partial charge in [0.1, 0.15) is 0 Å². The monoisotopic (exact) mass is 288 g/mol. The molecule has 0 N–H and O–H groups in total. The number of rotatable bonds is 3. The van der Waals surface area contributed by atoms with Crippen LogP contribution in [-0.4, -0.2) is 16.5 Å². The van der Waals surface area contributed by atoms with E-state index in [9.17, 15) is 0 Å². The van der Waals surface area contributed by atoms with Crippen LogP contribution in [0.15, 0.2) is 0 Å². The lowest BCUT2D eigenvalue weighted by atomic mass is 9.58. The van der Waals surface area contributed by atoms with Gasteiger partial charge in [-0.25, -0.2) is 0 Å². The summed E-state index contributed by atoms with van der Waals surface area (Å²) in [6.07, 6.45) is 9.78. The summed E-state index contributed by atoms with van der Waals surface area (Å²) < 4.78 is 6.36. The smallest absolute Gasteiger partial charge is 0.0660 e. The zero-order valence-electron chi connectivity index (χ0n) is 10.9. The molecule has 2 aliphatic rings. The van der Waals surface area contributed by atoms with E-state index >= 15 is 0 Å². The van der Waals surface area contributed by atoms with Crippen LogP contribution >= 0.6 is 15.9 Å². The highest BCUT2D eigenvalue weighted by atomic mass is 79.9. The molecule has 2 rings (SSSR count). The van der Waals surface area contributed by atoms with E-state index in [1.807, 2.05) is 0 Å². The minimum atomic E-state index is 0.0578. The molecule has 0 bridgehead atoms. The van der Waals surface area contributed by atoms with Gasteiger partial charge in [0.05, 0.1) is 11.7 Å². The van der Waals surface area contributed by atoms with E-state index in [0.717, 1.165) is 6.42 Å². The third-order valence-electron chi connectivity index (χ3n) is 4.78. The first-order chi connectivity index (χ1) is 7.50. The Kier molecular flexibility index (Phi) is 3.71. The van der Waals surface area contributed by atoms with Crippen molar-refractivity contribution in [3.63, 3.8) is 0 Å². The maximum atomic E-state index is 6.36. The lowest BCUT2D eigenvalue weighted by molar-refractivity contribution is -0.181. The molecular weight excluding hydrogens is 264 g/mol. The van der Waals surface area contributed by atoms with E-state index < -0.39 is 0 Å². The quantitative estimate of drug-likeness (QED) is 0.686. The van der Waals surface area contributed by atoms with Crippen molar-refractivity contribution in [2.24, 2.45) is 5.41 Å². The van der Waals surface area contributed by atoms with Crippen molar-refractivity contribution in [1.82, 2.24) is 0 Å². The van der Waals surface area contributed by atoms with Crippen molar-refractivity contribution in [2.75, 3.05) is 0 Å². The summed E-state index contributed by atoms with van der Waals surface area (Å²) in [5, 5.41) is 0. The summed E-state index contributed by atoms with van der Waals surface area (Å²) in [7, 11) is 0. The first-order valence-corrected chi connectivity index (χ1v) is 7.74. The normalized spacial score (nSPS) is 33.8. The van der Waals surface area contributed by atoms with Crippen LogP contribution in [0.25, 0.3) is 0 Å². The second kappa shape index (κ2) is 4.61. The summed E-state index contributed by atoms with van der Waals surface area (Å²) in [6.45, 7) is 6.67. The predicted octanol–water partition coefficient (Wildman–Crippen LogP) is 4.68. The molecule has 1 spiro atoms. The van der Waals surface area contributed by atoms with E-state index in [1.54, 1.807) is 0 Å². The SMILES string of the molecule is CCC(C)(C)OC1CC(Br)C12CCCCC2. The van der Waals surface area contributed by atoms with E-state index in [4.69, 9.17) is 4.74 Å². The Morgan fingerprint density at radius 1 is 1.25 bits per heavy atom. The molecule has 2 saturated carbocycles. The zero-order chi connectivity index (χ0) is 11.8. The van der Waals surface area contributed by atoms with Gasteiger partial charge >= 0.3 is 0 Å². The van der Waals surface area contributed by atoms with Crippen molar-refractivity contribution >= 4 is 15.9 Å². The van der Waals surface area contributed by atoms with Crippen LogP contribution in [-0.2, 0) is 4.74 Å². The Bertz CT molecular complexity index is 243. The molecule has 2 fully saturated rings. The van der Waals surface area contributed by atoms with Crippen LogP contribution in [0.5, 0.6) is 0 Å². The lowest BCUT2D eigenvalue weighted by Crippen LogP contribution is -2.58. The van der Waals surface area contributed by atoms with Crippen molar-refractivity contribution in [3.8, 4) is 0 Å². The molecule has 0 radical (unpaired) electrons. The molecule has 1 nitrogen and oxygen atoms in total. The largest absolute Gasteiger partial charge is 0.372 e. The molecule has 0 amide bonds. The van der Waals surface area contributed by atoms with Crippen molar-refractivity contribution in [3.05, 3.63) is 0 Å². The van der Waals surface area contributed by atoms with Gasteiger partial charge in [0.15, 0.2) is 0 Å². The highest BCUT2D eigenvalue weighted by molar-refractivity contribution is 9.09. The topological polar surface area (TPSA) is 9.23 Å². The Balaban J connectivity index is 2.01. The summed E-state index contributed by atoms with van der Waals surface area (Å²) in [4.78, 5) is 0.706. The van der Waals surface area contributed by atoms with Gasteiger partial charge in [-0.2, -0.15) is 0 Å². The Hall–Kier alpha value is 0.440. The van der Waals surface area contributed by atoms with Gasteiger partial charge in [0, 0.05) is 10.2 Å². The molecule has 16 heavy (non-hydrogen) atoms. The van der Waals surface area contributed by atoms with Crippen LogP contribution in [0.3, 0.4) is 0 Å². The predicted molar refractivity (Wildman–Crippen MR) is 72.1 cm³/mol. The van der Waals surface area contributed by atoms with Gasteiger partial charge in [-0.1, -0.05) is 42.1 Å². The fourth-order valence-corrected chi connectivity index (χ4v) is 4.27. The number of hydrogen-bond acceptors (Lipinski definition) is 1. The zero-order valence-corrected chi connectivity index (χ0v) is 12.5. The highest BCUT2D eigenvalue weighted by Gasteiger charge is 2.55. The lowest BCUT2D eigenvalue weighted by Gasteiger charge is -2.57. The van der Waals surface area contributed by atoms with Crippen molar-refractivity contribution in [1.29, 1.82) is 0 Å². The molecule has 0 heterocycles. The molecule has 0 saturated heterocycles. The Morgan fingerprint density at radius 2 is 1.88 bits per heavy atom. The molecule has 0 aromatic carbocycles. The molecule has 2 heteroatoms. The van der Waals surface area contributed by atoms with E-state index in [0.29, 0.717) is 16.3 Å². The fraction of sp³-hybridized carbons (Fsp3) is 1.00. The molecule has 0 aliphatic heterocycles. The third kappa shape index (κ3) is 2.20. The van der Waals surface area contributed by atoms with Gasteiger partial charge in [-0.15, -0.1) is 0 Å². The van der Waals surface area contributed by atoms with E-state index in [2.05, 4.69) is 36.7 Å². The van der Waals surface area contributed by atoms with Gasteiger partial charge in [-0.05, 0) is 39.5 Å². The minimum absolute atomic E-state index is 0.0578.